The van der Waals surface area contributed by atoms with Gasteiger partial charge in [-0.25, -0.2) is 16.8 Å². The van der Waals surface area contributed by atoms with E-state index in [1.807, 2.05) is 48.5 Å². The van der Waals surface area contributed by atoms with Gasteiger partial charge in [-0.2, -0.15) is 35.0 Å². The third-order valence-corrected chi connectivity index (χ3v) is 16.2. The molecular formula is C51H58ClF6N7O7S2. The lowest BCUT2D eigenvalue weighted by atomic mass is 10.0. The third kappa shape index (κ3) is 15.1. The highest BCUT2D eigenvalue weighted by atomic mass is 35.5. The summed E-state index contributed by atoms with van der Waals surface area (Å²) < 4.78 is 133. The minimum atomic E-state index is -4.63. The summed E-state index contributed by atoms with van der Waals surface area (Å²) >= 11 is 0. The van der Waals surface area contributed by atoms with Crippen LogP contribution in [0.25, 0.3) is 0 Å². The van der Waals surface area contributed by atoms with E-state index < -0.39 is 67.4 Å². The predicted molar refractivity (Wildman–Crippen MR) is 268 cm³/mol. The van der Waals surface area contributed by atoms with Crippen molar-refractivity contribution in [1.29, 1.82) is 0 Å². The van der Waals surface area contributed by atoms with Gasteiger partial charge in [-0.3, -0.25) is 19.4 Å². The van der Waals surface area contributed by atoms with Gasteiger partial charge in [0.2, 0.25) is 37.8 Å². The Balaban J connectivity index is 0.000000279. The molecule has 2 aliphatic heterocycles. The van der Waals surface area contributed by atoms with Gasteiger partial charge in [0.25, 0.3) is 0 Å². The van der Waals surface area contributed by atoms with Crippen LogP contribution in [0.15, 0.2) is 131 Å². The van der Waals surface area contributed by atoms with E-state index in [0.717, 1.165) is 67.3 Å². The average Bonchev–Trinajstić information content (AvgIpc) is 3.37. The summed E-state index contributed by atoms with van der Waals surface area (Å²) in [6, 6.07) is 23.0. The molecule has 2 aliphatic rings. The number of nitrogens with one attached hydrogen (secondary N) is 3. The summed E-state index contributed by atoms with van der Waals surface area (Å²) in [5, 5.41) is 8.54. The number of pyridine rings is 1. The highest BCUT2D eigenvalue weighted by Crippen LogP contribution is 2.32. The van der Waals surface area contributed by atoms with Crippen molar-refractivity contribution in [2.75, 3.05) is 39.3 Å². The monoisotopic (exact) mass is 1090 g/mol. The number of rotatable bonds is 14. The van der Waals surface area contributed by atoms with Crippen molar-refractivity contribution >= 4 is 50.2 Å². The van der Waals surface area contributed by atoms with Crippen LogP contribution in [0.4, 0.5) is 26.3 Å². The number of halogens is 7. The lowest BCUT2D eigenvalue weighted by molar-refractivity contribution is -0.138. The van der Waals surface area contributed by atoms with Crippen molar-refractivity contribution in [3.05, 3.63) is 161 Å². The van der Waals surface area contributed by atoms with Gasteiger partial charge in [-0.1, -0.05) is 76.2 Å². The molecule has 4 aromatic carbocycles. The minimum Gasteiger partial charge on any atom is -0.351 e. The first-order valence-corrected chi connectivity index (χ1v) is 26.2. The molecule has 0 aliphatic carbocycles. The number of benzene rings is 4. The fourth-order valence-electron chi connectivity index (χ4n) is 8.04. The molecule has 400 valence electrons. The number of hydrogen-bond donors (Lipinski definition) is 3. The first kappa shape index (κ1) is 59.0. The summed E-state index contributed by atoms with van der Waals surface area (Å²) in [6.07, 6.45) is -6.03. The molecule has 74 heavy (non-hydrogen) atoms. The van der Waals surface area contributed by atoms with Crippen molar-refractivity contribution in [2.45, 2.75) is 93.3 Å². The maximum absolute atomic E-state index is 13.6. The van der Waals surface area contributed by atoms with E-state index in [4.69, 9.17) is 0 Å². The lowest BCUT2D eigenvalue weighted by Gasteiger charge is -2.39. The number of sulfonamides is 2. The van der Waals surface area contributed by atoms with Crippen LogP contribution in [0.1, 0.15) is 78.5 Å². The van der Waals surface area contributed by atoms with Crippen molar-refractivity contribution in [2.24, 2.45) is 0 Å². The first-order chi connectivity index (χ1) is 34.4. The fraction of sp³-hybridized carbons (Fsp3) is 0.373. The second-order valence-electron chi connectivity index (χ2n) is 18.1. The van der Waals surface area contributed by atoms with Crippen LogP contribution in [-0.4, -0.2) is 104 Å². The Hall–Kier alpha value is -5.91. The highest BCUT2D eigenvalue weighted by molar-refractivity contribution is 7.89. The maximum Gasteiger partial charge on any atom is 0.416 e. The van der Waals surface area contributed by atoms with Crippen LogP contribution < -0.4 is 16.0 Å². The van der Waals surface area contributed by atoms with E-state index in [2.05, 4.69) is 48.6 Å². The van der Waals surface area contributed by atoms with Gasteiger partial charge in [-0.15, -0.1) is 12.4 Å². The third-order valence-electron chi connectivity index (χ3n) is 12.4. The predicted octanol–water partition coefficient (Wildman–Crippen LogP) is 7.51. The Morgan fingerprint density at radius 3 is 1.43 bits per heavy atom. The van der Waals surface area contributed by atoms with Crippen LogP contribution in [0.3, 0.4) is 0 Å². The van der Waals surface area contributed by atoms with Crippen molar-refractivity contribution in [3.63, 3.8) is 0 Å². The van der Waals surface area contributed by atoms with E-state index in [9.17, 15) is 57.6 Å². The van der Waals surface area contributed by atoms with Gasteiger partial charge < -0.3 is 20.9 Å². The van der Waals surface area contributed by atoms with Crippen LogP contribution in [-0.2, 0) is 66.3 Å². The summed E-state index contributed by atoms with van der Waals surface area (Å²) in [5.74, 6) is -0.656. The summed E-state index contributed by atoms with van der Waals surface area (Å²) in [6.45, 7) is 8.74. The number of amides is 3. The molecule has 0 saturated carbocycles. The molecule has 0 bridgehead atoms. The maximum atomic E-state index is 13.6. The Kier molecular flexibility index (Phi) is 20.0. The number of aromatic nitrogens is 1. The van der Waals surface area contributed by atoms with E-state index in [0.29, 0.717) is 30.5 Å². The molecule has 3 amide bonds. The fourth-order valence-corrected chi connectivity index (χ4v) is 11.2. The Morgan fingerprint density at radius 2 is 1.01 bits per heavy atom. The van der Waals surface area contributed by atoms with Gasteiger partial charge in [-0.05, 0) is 100 Å². The first-order valence-electron chi connectivity index (χ1n) is 23.3. The molecular weight excluding hydrogens is 1040 g/mol. The van der Waals surface area contributed by atoms with Crippen LogP contribution >= 0.6 is 12.4 Å². The van der Waals surface area contributed by atoms with Gasteiger partial charge in [0.05, 0.1) is 27.3 Å². The number of carbonyl (C=O) groups excluding carboxylic acids is 3. The molecule has 23 heteroatoms. The van der Waals surface area contributed by atoms with Crippen LogP contribution in [0.2, 0.25) is 0 Å². The molecule has 1 aromatic heterocycles. The molecule has 0 radical (unpaired) electrons. The zero-order chi connectivity index (χ0) is 53.3. The second-order valence-corrected chi connectivity index (χ2v) is 21.9. The van der Waals surface area contributed by atoms with Gasteiger partial charge in [0.15, 0.2) is 0 Å². The zero-order valence-electron chi connectivity index (χ0n) is 40.9. The number of carbonyl (C=O) groups is 3. The second kappa shape index (κ2) is 25.1. The van der Waals surface area contributed by atoms with E-state index in [1.54, 1.807) is 24.5 Å². The quantitative estimate of drug-likeness (QED) is 0.0950. The molecule has 7 rings (SSSR count). The number of nitrogens with zero attached hydrogens (tertiary/aromatic N) is 4. The van der Waals surface area contributed by atoms with Crippen molar-refractivity contribution in [3.8, 4) is 0 Å². The van der Waals surface area contributed by atoms with E-state index in [-0.39, 0.29) is 80.3 Å². The SMILES string of the molecule is CC(C)c1ccc(CNC(=O)[C@H]2CN(C(=O)Cc3ccncc3)CCN2S(=O)(=O)c2ccc(C(F)(F)F)cc2)cc1.CC(C)c1ccc(CNC(=O)[C@H]2CNCCN2S(=O)(=O)c2ccc(C(F)(F)F)cc2)cc1.Cl. The Bertz CT molecular complexity index is 2900. The Morgan fingerprint density at radius 1 is 0.595 bits per heavy atom. The molecule has 3 N–H and O–H groups in total. The highest BCUT2D eigenvalue weighted by Gasteiger charge is 2.42. The zero-order valence-corrected chi connectivity index (χ0v) is 43.3. The standard InChI is InChI=1S/C29H31F3N4O4S.C22H26F3N3O3S.ClH/c1-20(2)23-5-3-22(4-6-23)18-34-28(38)26-19-35(27(37)17-21-11-13-33-14-12-21)15-16-36(26)41(39,40)25-9-7-24(8-10-25)29(30,31)32;1-15(2)17-5-3-16(4-6-17)13-27-21(29)20-14-26-11-12-28(20)32(30,31)19-9-7-18(8-10-19)22(23,24)25;/h3-14,20,26H,15-19H2,1-2H3,(H,34,38);3-10,15,20,26H,11-14H2,1-2H3,(H,27,29);1H/t26-;20-;/m11./s1. The molecule has 3 heterocycles. The average molecular weight is 1090 g/mol. The topological polar surface area (TPSA) is 178 Å². The van der Waals surface area contributed by atoms with Gasteiger partial charge in [0, 0.05) is 64.8 Å². The number of hydrogen-bond acceptors (Lipinski definition) is 9. The number of alkyl halides is 6. The van der Waals surface area contributed by atoms with Crippen molar-refractivity contribution < 1.29 is 57.6 Å². The molecule has 0 spiro atoms. The largest absolute Gasteiger partial charge is 0.416 e. The molecule has 0 unspecified atom stereocenters. The van der Waals surface area contributed by atoms with Crippen LogP contribution in [0, 0.1) is 0 Å². The lowest BCUT2D eigenvalue weighted by Crippen LogP contribution is -2.61. The Labute approximate surface area is 433 Å². The molecule has 14 nitrogen and oxygen atoms in total. The van der Waals surface area contributed by atoms with Gasteiger partial charge in [0.1, 0.15) is 12.1 Å². The normalized spacial score (nSPS) is 16.9. The summed E-state index contributed by atoms with van der Waals surface area (Å²) in [7, 11) is -8.52. The smallest absolute Gasteiger partial charge is 0.351 e. The summed E-state index contributed by atoms with van der Waals surface area (Å²) in [5.41, 5.74) is 2.78. The van der Waals surface area contributed by atoms with Crippen molar-refractivity contribution in [1.82, 2.24) is 34.4 Å². The van der Waals surface area contributed by atoms with E-state index >= 15 is 0 Å². The van der Waals surface area contributed by atoms with Crippen LogP contribution in [0.5, 0.6) is 0 Å². The minimum absolute atomic E-state index is 0. The molecule has 2 atom stereocenters. The summed E-state index contributed by atoms with van der Waals surface area (Å²) in [4.78, 5) is 44.0. The number of piperazine rings is 2. The molecule has 2 saturated heterocycles. The molecule has 2 fully saturated rings. The van der Waals surface area contributed by atoms with Gasteiger partial charge >= 0.3 is 12.4 Å². The van der Waals surface area contributed by atoms with E-state index in [1.165, 1.54) is 10.5 Å². The molecule has 5 aromatic rings.